The Morgan fingerprint density at radius 3 is 2.90 bits per heavy atom. The van der Waals surface area contributed by atoms with E-state index in [1.165, 1.54) is 5.56 Å². The molecule has 2 aliphatic heterocycles. The minimum absolute atomic E-state index is 0.135. The Labute approximate surface area is 131 Å². The zero-order valence-corrected chi connectivity index (χ0v) is 13.1. The molecule has 5 heteroatoms. The molecule has 2 fully saturated rings. The summed E-state index contributed by atoms with van der Waals surface area (Å²) in [7, 11) is 0. The number of nitrogens with zero attached hydrogens (tertiary/aromatic N) is 1. The number of benzene rings is 1. The summed E-state index contributed by atoms with van der Waals surface area (Å²) in [5, 5.41) is 4.07. The molecule has 0 spiro atoms. The van der Waals surface area contributed by atoms with Crippen LogP contribution >= 0.6 is 11.6 Å². The minimum Gasteiger partial charge on any atom is -0.486 e. The van der Waals surface area contributed by atoms with Crippen LogP contribution in [0.4, 0.5) is 0 Å². The Morgan fingerprint density at radius 1 is 1.33 bits per heavy atom. The van der Waals surface area contributed by atoms with Crippen LogP contribution in [0.3, 0.4) is 0 Å². The molecule has 1 aromatic carbocycles. The molecule has 4 nitrogen and oxygen atoms in total. The highest BCUT2D eigenvalue weighted by Gasteiger charge is 2.17. The second-order valence-electron chi connectivity index (χ2n) is 5.75. The van der Waals surface area contributed by atoms with Gasteiger partial charge in [0.25, 0.3) is 0 Å². The molecule has 0 bridgehead atoms. The highest BCUT2D eigenvalue weighted by atomic mass is 35.5. The van der Waals surface area contributed by atoms with Gasteiger partial charge in [-0.15, -0.1) is 0 Å². The molecule has 1 aromatic rings. The number of ether oxygens (including phenoxy) is 2. The number of nitrogens with one attached hydrogen (secondary N) is 1. The molecular formula is C16H23ClN2O2. The highest BCUT2D eigenvalue weighted by molar-refractivity contribution is 6.32. The lowest BCUT2D eigenvalue weighted by Crippen LogP contribution is -2.42. The van der Waals surface area contributed by atoms with Gasteiger partial charge in [0.05, 0.1) is 11.6 Å². The maximum atomic E-state index is 6.37. The van der Waals surface area contributed by atoms with Gasteiger partial charge >= 0.3 is 0 Å². The van der Waals surface area contributed by atoms with E-state index in [0.29, 0.717) is 11.6 Å². The first kappa shape index (κ1) is 15.1. The standard InChI is InChI=1S/C16H23ClN2O2/c17-15-10-13(11-19-7-5-18-6-8-19)3-4-16(15)21-14-2-1-9-20-12-14/h3-4,10,14,18H,1-2,5-9,11-12H2. The van der Waals surface area contributed by atoms with Crippen molar-refractivity contribution in [3.63, 3.8) is 0 Å². The third kappa shape index (κ3) is 4.33. The van der Waals surface area contributed by atoms with Crippen LogP contribution in [0.2, 0.25) is 5.02 Å². The average molecular weight is 311 g/mol. The third-order valence-corrected chi connectivity index (χ3v) is 4.32. The van der Waals surface area contributed by atoms with Crippen LogP contribution in [0.15, 0.2) is 18.2 Å². The molecule has 0 radical (unpaired) electrons. The predicted octanol–water partition coefficient (Wildman–Crippen LogP) is 2.30. The Kier molecular flexibility index (Phi) is 5.36. The van der Waals surface area contributed by atoms with Gasteiger partial charge in [-0.1, -0.05) is 17.7 Å². The topological polar surface area (TPSA) is 33.7 Å². The number of piperazine rings is 1. The van der Waals surface area contributed by atoms with E-state index in [1.54, 1.807) is 0 Å². The van der Waals surface area contributed by atoms with Crippen molar-refractivity contribution < 1.29 is 9.47 Å². The van der Waals surface area contributed by atoms with Gasteiger partial charge in [-0.25, -0.2) is 0 Å². The summed E-state index contributed by atoms with van der Waals surface area (Å²) in [5.74, 6) is 0.774. The van der Waals surface area contributed by atoms with Crippen molar-refractivity contribution in [3.05, 3.63) is 28.8 Å². The van der Waals surface area contributed by atoms with Gasteiger partial charge in [0.15, 0.2) is 0 Å². The first-order valence-corrected chi connectivity index (χ1v) is 8.15. The van der Waals surface area contributed by atoms with Crippen molar-refractivity contribution >= 4 is 11.6 Å². The zero-order valence-electron chi connectivity index (χ0n) is 12.3. The maximum absolute atomic E-state index is 6.37. The molecule has 3 rings (SSSR count). The second-order valence-corrected chi connectivity index (χ2v) is 6.16. The molecule has 0 aliphatic carbocycles. The second kappa shape index (κ2) is 7.45. The Bertz CT molecular complexity index is 458. The van der Waals surface area contributed by atoms with E-state index in [1.807, 2.05) is 12.1 Å². The van der Waals surface area contributed by atoms with Crippen LogP contribution in [-0.2, 0) is 11.3 Å². The van der Waals surface area contributed by atoms with Gasteiger partial charge in [0.2, 0.25) is 0 Å². The number of hydrogen-bond donors (Lipinski definition) is 1. The van der Waals surface area contributed by atoms with Crippen molar-refractivity contribution in [3.8, 4) is 5.75 Å². The van der Waals surface area contributed by atoms with Crippen molar-refractivity contribution in [2.45, 2.75) is 25.5 Å². The Morgan fingerprint density at radius 2 is 2.19 bits per heavy atom. The van der Waals surface area contributed by atoms with E-state index in [-0.39, 0.29) is 6.10 Å². The van der Waals surface area contributed by atoms with Gasteiger partial charge in [0, 0.05) is 39.3 Å². The summed E-state index contributed by atoms with van der Waals surface area (Å²) in [6, 6.07) is 6.14. The molecule has 2 heterocycles. The number of hydrogen-bond acceptors (Lipinski definition) is 4. The van der Waals surface area contributed by atoms with Gasteiger partial charge in [-0.3, -0.25) is 4.90 Å². The third-order valence-electron chi connectivity index (χ3n) is 4.02. The van der Waals surface area contributed by atoms with Crippen LogP contribution in [0.5, 0.6) is 5.75 Å². The van der Waals surface area contributed by atoms with Gasteiger partial charge in [0.1, 0.15) is 11.9 Å². The Hall–Kier alpha value is -0.810. The monoisotopic (exact) mass is 310 g/mol. The molecule has 2 saturated heterocycles. The van der Waals surface area contributed by atoms with E-state index in [2.05, 4.69) is 16.3 Å². The SMILES string of the molecule is Clc1cc(CN2CCNCC2)ccc1OC1CCCOC1. The van der Waals surface area contributed by atoms with Crippen LogP contribution < -0.4 is 10.1 Å². The summed E-state index contributed by atoms with van der Waals surface area (Å²) >= 11 is 6.37. The van der Waals surface area contributed by atoms with Crippen molar-refractivity contribution in [1.82, 2.24) is 10.2 Å². The number of rotatable bonds is 4. The quantitative estimate of drug-likeness (QED) is 0.925. The summed E-state index contributed by atoms with van der Waals surface area (Å²) < 4.78 is 11.4. The molecule has 0 amide bonds. The van der Waals surface area contributed by atoms with E-state index in [0.717, 1.165) is 57.9 Å². The fourth-order valence-corrected chi connectivity index (χ4v) is 3.10. The van der Waals surface area contributed by atoms with E-state index in [9.17, 15) is 0 Å². The molecule has 0 saturated carbocycles. The van der Waals surface area contributed by atoms with Gasteiger partial charge in [-0.2, -0.15) is 0 Å². The van der Waals surface area contributed by atoms with Crippen LogP contribution in [0, 0.1) is 0 Å². The fourth-order valence-electron chi connectivity index (χ4n) is 2.85. The van der Waals surface area contributed by atoms with Crippen LogP contribution in [-0.4, -0.2) is 50.4 Å². The molecule has 21 heavy (non-hydrogen) atoms. The summed E-state index contributed by atoms with van der Waals surface area (Å²) in [6.07, 6.45) is 2.23. The summed E-state index contributed by atoms with van der Waals surface area (Å²) in [5.41, 5.74) is 1.24. The minimum atomic E-state index is 0.135. The van der Waals surface area contributed by atoms with E-state index in [4.69, 9.17) is 21.1 Å². The molecule has 1 unspecified atom stereocenters. The average Bonchev–Trinajstić information content (AvgIpc) is 2.52. The maximum Gasteiger partial charge on any atom is 0.138 e. The van der Waals surface area contributed by atoms with Crippen molar-refractivity contribution in [2.24, 2.45) is 0 Å². The largest absolute Gasteiger partial charge is 0.486 e. The number of halogens is 1. The van der Waals surface area contributed by atoms with Crippen molar-refractivity contribution in [1.29, 1.82) is 0 Å². The van der Waals surface area contributed by atoms with Crippen LogP contribution in [0.25, 0.3) is 0 Å². The lowest BCUT2D eigenvalue weighted by Gasteiger charge is -2.27. The predicted molar refractivity (Wildman–Crippen MR) is 84.1 cm³/mol. The normalized spacial score (nSPS) is 24.0. The first-order valence-electron chi connectivity index (χ1n) is 7.77. The first-order chi connectivity index (χ1) is 10.3. The molecule has 2 aliphatic rings. The highest BCUT2D eigenvalue weighted by Crippen LogP contribution is 2.28. The summed E-state index contributed by atoms with van der Waals surface area (Å²) in [6.45, 7) is 6.78. The van der Waals surface area contributed by atoms with E-state index >= 15 is 0 Å². The molecule has 116 valence electrons. The van der Waals surface area contributed by atoms with Crippen LogP contribution in [0.1, 0.15) is 18.4 Å². The lowest BCUT2D eigenvalue weighted by atomic mass is 10.1. The summed E-state index contributed by atoms with van der Waals surface area (Å²) in [4.78, 5) is 2.44. The molecule has 1 atom stereocenters. The Balaban J connectivity index is 1.59. The molecule has 1 N–H and O–H groups in total. The van der Waals surface area contributed by atoms with Gasteiger partial charge < -0.3 is 14.8 Å². The smallest absolute Gasteiger partial charge is 0.138 e. The molecule has 0 aromatic heterocycles. The zero-order chi connectivity index (χ0) is 14.5. The van der Waals surface area contributed by atoms with Crippen molar-refractivity contribution in [2.75, 3.05) is 39.4 Å². The lowest BCUT2D eigenvalue weighted by molar-refractivity contribution is 0.00746. The molecular weight excluding hydrogens is 288 g/mol. The van der Waals surface area contributed by atoms with E-state index < -0.39 is 0 Å². The van der Waals surface area contributed by atoms with Gasteiger partial charge in [-0.05, 0) is 30.5 Å². The fraction of sp³-hybridized carbons (Fsp3) is 0.625.